The number of benzene rings is 4. The van der Waals surface area contributed by atoms with Gasteiger partial charge < -0.3 is 19.5 Å². The summed E-state index contributed by atoms with van der Waals surface area (Å²) in [4.78, 5) is 12.9. The molecule has 0 radical (unpaired) electrons. The lowest BCUT2D eigenvalue weighted by atomic mass is 10.1. The molecule has 41 heavy (non-hydrogen) atoms. The molecule has 9 heteroatoms. The Morgan fingerprint density at radius 3 is 2.17 bits per heavy atom. The molecule has 4 aromatic rings. The smallest absolute Gasteiger partial charge is 0.266 e. The van der Waals surface area contributed by atoms with E-state index in [0.29, 0.717) is 58.4 Å². The molecule has 0 saturated carbocycles. The Labute approximate surface area is 257 Å². The number of hydrogen-bond acceptors (Lipinski definition) is 5. The summed E-state index contributed by atoms with van der Waals surface area (Å²) < 4.78 is 18.5. The molecule has 1 N–H and O–H groups in total. The van der Waals surface area contributed by atoms with Gasteiger partial charge in [0.1, 0.15) is 30.6 Å². The number of hydrogen-bond donors (Lipinski definition) is 1. The second-order valence-corrected chi connectivity index (χ2v) is 10.5. The Bertz CT molecular complexity index is 1570. The number of halogens is 3. The normalized spacial score (nSPS) is 11.0. The van der Waals surface area contributed by atoms with Crippen LogP contribution in [0.25, 0.3) is 6.08 Å². The van der Waals surface area contributed by atoms with E-state index in [2.05, 4.69) is 21.2 Å². The Morgan fingerprint density at radius 1 is 0.902 bits per heavy atom. The first-order valence-electron chi connectivity index (χ1n) is 12.6. The zero-order valence-corrected chi connectivity index (χ0v) is 25.1. The van der Waals surface area contributed by atoms with Gasteiger partial charge in [-0.25, -0.2) is 0 Å². The minimum atomic E-state index is -0.563. The molecule has 0 bridgehead atoms. The molecule has 0 aliphatic rings. The van der Waals surface area contributed by atoms with Gasteiger partial charge in [0.05, 0.1) is 11.6 Å². The van der Waals surface area contributed by atoms with Crippen LogP contribution in [0.3, 0.4) is 0 Å². The number of nitrogens with zero attached hydrogens (tertiary/aromatic N) is 1. The highest BCUT2D eigenvalue weighted by Gasteiger charge is 2.15. The summed E-state index contributed by atoms with van der Waals surface area (Å²) in [5.74, 6) is 0.867. The van der Waals surface area contributed by atoms with Crippen molar-refractivity contribution in [2.45, 2.75) is 20.1 Å². The number of nitriles is 1. The van der Waals surface area contributed by atoms with Crippen LogP contribution in [0.4, 0.5) is 5.69 Å². The molecular formula is C32H25BrCl2N2O4. The van der Waals surface area contributed by atoms with E-state index in [9.17, 15) is 10.1 Å². The minimum absolute atomic E-state index is 0.102. The Hall–Kier alpha value is -3.96. The lowest BCUT2D eigenvalue weighted by molar-refractivity contribution is -0.112. The Kier molecular flexibility index (Phi) is 10.7. The number of carbonyl (C=O) groups excluding carboxylic acids is 1. The van der Waals surface area contributed by atoms with Gasteiger partial charge in [-0.2, -0.15) is 5.26 Å². The van der Waals surface area contributed by atoms with Crippen molar-refractivity contribution >= 4 is 56.8 Å². The Morgan fingerprint density at radius 2 is 1.54 bits per heavy atom. The summed E-state index contributed by atoms with van der Waals surface area (Å²) in [6.45, 7) is 2.89. The molecule has 1 amide bonds. The second kappa shape index (κ2) is 14.6. The van der Waals surface area contributed by atoms with E-state index >= 15 is 0 Å². The topological polar surface area (TPSA) is 80.6 Å². The van der Waals surface area contributed by atoms with Gasteiger partial charge >= 0.3 is 0 Å². The molecule has 6 nitrogen and oxygen atoms in total. The van der Waals surface area contributed by atoms with Crippen LogP contribution in [0.5, 0.6) is 17.2 Å². The minimum Gasteiger partial charge on any atom is -0.490 e. The molecule has 0 aliphatic heterocycles. The van der Waals surface area contributed by atoms with Gasteiger partial charge in [-0.1, -0.05) is 63.4 Å². The van der Waals surface area contributed by atoms with Gasteiger partial charge in [0.15, 0.2) is 11.5 Å². The first-order valence-corrected chi connectivity index (χ1v) is 14.1. The van der Waals surface area contributed by atoms with Crippen molar-refractivity contribution in [2.75, 3.05) is 11.9 Å². The summed E-state index contributed by atoms with van der Waals surface area (Å²) >= 11 is 15.9. The van der Waals surface area contributed by atoms with Crippen molar-refractivity contribution in [3.63, 3.8) is 0 Å². The van der Waals surface area contributed by atoms with Crippen molar-refractivity contribution in [2.24, 2.45) is 0 Å². The summed E-state index contributed by atoms with van der Waals surface area (Å²) in [5.41, 5.74) is 2.87. The van der Waals surface area contributed by atoms with Gasteiger partial charge in [0, 0.05) is 15.2 Å². The van der Waals surface area contributed by atoms with E-state index in [1.165, 1.54) is 6.08 Å². The fourth-order valence-electron chi connectivity index (χ4n) is 3.71. The van der Waals surface area contributed by atoms with Crippen LogP contribution in [0.2, 0.25) is 10.0 Å². The van der Waals surface area contributed by atoms with Crippen molar-refractivity contribution in [1.29, 1.82) is 5.26 Å². The maximum absolute atomic E-state index is 12.9. The van der Waals surface area contributed by atoms with E-state index in [1.807, 2.05) is 49.4 Å². The molecule has 0 heterocycles. The highest BCUT2D eigenvalue weighted by atomic mass is 79.9. The summed E-state index contributed by atoms with van der Waals surface area (Å²) in [5, 5.41) is 13.4. The Balaban J connectivity index is 1.43. The van der Waals surface area contributed by atoms with E-state index < -0.39 is 5.91 Å². The van der Waals surface area contributed by atoms with Crippen molar-refractivity contribution in [1.82, 2.24) is 0 Å². The average molecular weight is 652 g/mol. The fraction of sp³-hybridized carbons (Fsp3) is 0.125. The SMILES string of the molecule is CCOc1cc(/C=C(\C#N)C(=O)Nc2ccc(OCc3ccc(Cl)cc3)cc2)cc(Cl)c1OCc1ccc(Br)cc1. The predicted octanol–water partition coefficient (Wildman–Crippen LogP) is 8.86. The lowest BCUT2D eigenvalue weighted by Crippen LogP contribution is -2.13. The van der Waals surface area contributed by atoms with Gasteiger partial charge in [-0.15, -0.1) is 0 Å². The maximum atomic E-state index is 12.9. The molecule has 208 valence electrons. The quantitative estimate of drug-likeness (QED) is 0.129. The number of carbonyl (C=O) groups is 1. The average Bonchev–Trinajstić information content (AvgIpc) is 2.97. The van der Waals surface area contributed by atoms with Crippen LogP contribution in [0.15, 0.2) is 95.0 Å². The highest BCUT2D eigenvalue weighted by Crippen LogP contribution is 2.38. The number of nitrogens with one attached hydrogen (secondary N) is 1. The molecule has 4 aromatic carbocycles. The predicted molar refractivity (Wildman–Crippen MR) is 166 cm³/mol. The van der Waals surface area contributed by atoms with Crippen LogP contribution >= 0.6 is 39.1 Å². The number of amides is 1. The van der Waals surface area contributed by atoms with Crippen molar-refractivity contribution in [3.8, 4) is 23.3 Å². The highest BCUT2D eigenvalue weighted by molar-refractivity contribution is 9.10. The summed E-state index contributed by atoms with van der Waals surface area (Å²) in [6.07, 6.45) is 1.45. The molecule has 0 saturated heterocycles. The molecule has 0 fully saturated rings. The molecule has 0 atom stereocenters. The van der Waals surface area contributed by atoms with E-state index in [4.69, 9.17) is 37.4 Å². The molecule has 4 rings (SSSR count). The first kappa shape index (κ1) is 30.0. The first-order chi connectivity index (χ1) is 19.8. The summed E-state index contributed by atoms with van der Waals surface area (Å²) in [7, 11) is 0. The number of anilines is 1. The van der Waals surface area contributed by atoms with Crippen molar-refractivity contribution < 1.29 is 19.0 Å². The molecule has 0 spiro atoms. The van der Waals surface area contributed by atoms with Crippen LogP contribution in [0.1, 0.15) is 23.6 Å². The second-order valence-electron chi connectivity index (χ2n) is 8.74. The zero-order valence-electron chi connectivity index (χ0n) is 22.0. The molecule has 0 aromatic heterocycles. The van der Waals surface area contributed by atoms with E-state index in [1.54, 1.807) is 48.5 Å². The van der Waals surface area contributed by atoms with Gasteiger partial charge in [0.2, 0.25) is 0 Å². The summed E-state index contributed by atoms with van der Waals surface area (Å²) in [6, 6.07) is 27.3. The monoisotopic (exact) mass is 650 g/mol. The third-order valence-electron chi connectivity index (χ3n) is 5.74. The van der Waals surface area contributed by atoms with Crippen LogP contribution in [0, 0.1) is 11.3 Å². The zero-order chi connectivity index (χ0) is 29.2. The molecule has 0 unspecified atom stereocenters. The van der Waals surface area contributed by atoms with Gasteiger partial charge in [-0.3, -0.25) is 4.79 Å². The van der Waals surface area contributed by atoms with Gasteiger partial charge in [0.25, 0.3) is 5.91 Å². The molecule has 0 aliphatic carbocycles. The van der Waals surface area contributed by atoms with Crippen molar-refractivity contribution in [3.05, 3.63) is 122 Å². The standard InChI is InChI=1S/C32H25BrCl2N2O4/c1-2-39-30-17-23(16-29(35)31(30)41-20-21-3-7-25(33)8-4-21)15-24(18-36)32(38)37-27-11-13-28(14-12-27)40-19-22-5-9-26(34)10-6-22/h3-17H,2,19-20H2,1H3,(H,37,38)/b24-15+. The third kappa shape index (κ3) is 8.76. The molecular weight excluding hydrogens is 627 g/mol. The fourth-order valence-corrected chi connectivity index (χ4v) is 4.37. The van der Waals surface area contributed by atoms with Crippen LogP contribution in [-0.2, 0) is 18.0 Å². The van der Waals surface area contributed by atoms with Crippen LogP contribution in [-0.4, -0.2) is 12.5 Å². The number of ether oxygens (including phenoxy) is 3. The number of rotatable bonds is 11. The van der Waals surface area contributed by atoms with E-state index in [0.717, 1.165) is 15.6 Å². The maximum Gasteiger partial charge on any atom is 0.266 e. The lowest BCUT2D eigenvalue weighted by Gasteiger charge is -2.15. The largest absolute Gasteiger partial charge is 0.490 e. The van der Waals surface area contributed by atoms with E-state index in [-0.39, 0.29) is 5.57 Å². The van der Waals surface area contributed by atoms with Gasteiger partial charge in [-0.05, 0) is 90.4 Å². The third-order valence-corrected chi connectivity index (χ3v) is 6.80. The van der Waals surface area contributed by atoms with Crippen LogP contribution < -0.4 is 19.5 Å².